The number of carbonyl (C=O) groups excluding carboxylic acids is 1. The van der Waals surface area contributed by atoms with Gasteiger partial charge in [-0.25, -0.2) is 0 Å². The van der Waals surface area contributed by atoms with E-state index in [-0.39, 0.29) is 28.6 Å². The predicted octanol–water partition coefficient (Wildman–Crippen LogP) is 3.71. The van der Waals surface area contributed by atoms with Crippen LogP contribution in [0.4, 0.5) is 0 Å². The summed E-state index contributed by atoms with van der Waals surface area (Å²) in [6.07, 6.45) is 8.07. The quantitative estimate of drug-likeness (QED) is 0.741. The van der Waals surface area contributed by atoms with E-state index >= 15 is 0 Å². The van der Waals surface area contributed by atoms with Gasteiger partial charge in [0, 0.05) is 6.42 Å². The Balaban J connectivity index is 1.65. The maximum absolute atomic E-state index is 12.2. The molecule has 0 aromatic heterocycles. The zero-order valence-corrected chi connectivity index (χ0v) is 14.4. The number of hydrogen-bond acceptors (Lipinski definition) is 3. The summed E-state index contributed by atoms with van der Waals surface area (Å²) in [6, 6.07) is 2.28. The fourth-order valence-electron chi connectivity index (χ4n) is 7.22. The highest BCUT2D eigenvalue weighted by Crippen LogP contribution is 2.66. The fraction of sp³-hybridized carbons (Fsp3) is 0.900. The van der Waals surface area contributed by atoms with Crippen LogP contribution in [0, 0.1) is 51.8 Å². The Morgan fingerprint density at radius 1 is 1.09 bits per heavy atom. The maximum Gasteiger partial charge on any atom is 0.150 e. The molecule has 8 atom stereocenters. The number of nitriles is 1. The van der Waals surface area contributed by atoms with E-state index in [4.69, 9.17) is 0 Å². The second-order valence-corrected chi connectivity index (χ2v) is 9.35. The first kappa shape index (κ1) is 15.6. The topological polar surface area (TPSA) is 61.1 Å². The molecule has 4 aliphatic rings. The van der Waals surface area contributed by atoms with Crippen molar-refractivity contribution in [3.05, 3.63) is 0 Å². The van der Waals surface area contributed by atoms with Gasteiger partial charge < -0.3 is 5.11 Å². The van der Waals surface area contributed by atoms with Crippen molar-refractivity contribution in [3.8, 4) is 6.07 Å². The zero-order valence-electron chi connectivity index (χ0n) is 14.4. The summed E-state index contributed by atoms with van der Waals surface area (Å²) in [5, 5.41) is 19.9. The van der Waals surface area contributed by atoms with Crippen molar-refractivity contribution in [1.82, 2.24) is 0 Å². The van der Waals surface area contributed by atoms with Crippen molar-refractivity contribution >= 4 is 5.78 Å². The van der Waals surface area contributed by atoms with Crippen LogP contribution in [0.1, 0.15) is 65.2 Å². The van der Waals surface area contributed by atoms with Gasteiger partial charge in [0.25, 0.3) is 0 Å². The summed E-state index contributed by atoms with van der Waals surface area (Å²) in [4.78, 5) is 12.2. The number of aliphatic hydroxyl groups is 1. The second-order valence-electron chi connectivity index (χ2n) is 9.35. The summed E-state index contributed by atoms with van der Waals surface area (Å²) in [5.41, 5.74) is 0.273. The minimum absolute atomic E-state index is 0.115. The minimum atomic E-state index is -0.377. The summed E-state index contributed by atoms with van der Waals surface area (Å²) >= 11 is 0. The van der Waals surface area contributed by atoms with E-state index in [2.05, 4.69) is 19.9 Å². The number of nitrogens with zero attached hydrogens (tertiary/aromatic N) is 1. The molecule has 3 nitrogen and oxygen atoms in total. The molecule has 0 spiro atoms. The zero-order chi connectivity index (χ0) is 16.4. The monoisotopic (exact) mass is 315 g/mol. The highest BCUT2D eigenvalue weighted by molar-refractivity contribution is 5.84. The van der Waals surface area contributed by atoms with Crippen molar-refractivity contribution < 1.29 is 9.90 Å². The van der Waals surface area contributed by atoms with Gasteiger partial charge in [0.05, 0.1) is 12.2 Å². The lowest BCUT2D eigenvalue weighted by Gasteiger charge is -2.60. The van der Waals surface area contributed by atoms with Gasteiger partial charge in [-0.3, -0.25) is 4.79 Å². The van der Waals surface area contributed by atoms with Crippen LogP contribution in [-0.2, 0) is 4.79 Å². The molecule has 4 fully saturated rings. The lowest BCUT2D eigenvalue weighted by molar-refractivity contribution is -0.146. The molecule has 4 aliphatic carbocycles. The molecule has 0 amide bonds. The smallest absolute Gasteiger partial charge is 0.150 e. The maximum atomic E-state index is 12.2. The van der Waals surface area contributed by atoms with Crippen LogP contribution in [0.5, 0.6) is 0 Å². The molecule has 0 aromatic carbocycles. The van der Waals surface area contributed by atoms with Gasteiger partial charge in [0.1, 0.15) is 11.7 Å². The molecule has 4 rings (SSSR count). The fourth-order valence-corrected chi connectivity index (χ4v) is 7.22. The van der Waals surface area contributed by atoms with Crippen LogP contribution < -0.4 is 0 Å². The van der Waals surface area contributed by atoms with Crippen molar-refractivity contribution in [3.63, 3.8) is 0 Å². The molecule has 4 saturated carbocycles. The molecular formula is C20H29NO2. The third-order valence-electron chi connectivity index (χ3n) is 8.65. The lowest BCUT2D eigenvalue weighted by Crippen LogP contribution is -2.55. The number of ketones is 1. The van der Waals surface area contributed by atoms with E-state index in [1.807, 2.05) is 0 Å². The van der Waals surface area contributed by atoms with Gasteiger partial charge in [0.15, 0.2) is 0 Å². The second kappa shape index (κ2) is 5.06. The van der Waals surface area contributed by atoms with Crippen molar-refractivity contribution in [2.45, 2.75) is 71.3 Å². The Kier molecular flexibility index (Phi) is 3.44. The van der Waals surface area contributed by atoms with Gasteiger partial charge in [0.2, 0.25) is 0 Å². The highest BCUT2D eigenvalue weighted by atomic mass is 16.3. The van der Waals surface area contributed by atoms with Crippen LogP contribution in [0.25, 0.3) is 0 Å². The SMILES string of the molecule is CC12CC[C@H]3[C@@H](CCC4CC(=O)[C@H](C#N)CC43C)[C@@H]1CCC2O. The molecule has 126 valence electrons. The Morgan fingerprint density at radius 2 is 1.83 bits per heavy atom. The molecule has 0 aliphatic heterocycles. The lowest BCUT2D eigenvalue weighted by atomic mass is 9.44. The molecule has 4 unspecified atom stereocenters. The normalized spacial score (nSPS) is 55.5. The summed E-state index contributed by atoms with van der Waals surface area (Å²) in [7, 11) is 0. The van der Waals surface area contributed by atoms with Crippen LogP contribution >= 0.6 is 0 Å². The molecule has 23 heavy (non-hydrogen) atoms. The Bertz CT molecular complexity index is 566. The summed E-state index contributed by atoms with van der Waals surface area (Å²) in [5.74, 6) is 2.28. The van der Waals surface area contributed by atoms with Gasteiger partial charge >= 0.3 is 0 Å². The number of aliphatic hydroxyl groups excluding tert-OH is 1. The molecule has 0 radical (unpaired) electrons. The van der Waals surface area contributed by atoms with Crippen molar-refractivity contribution in [1.29, 1.82) is 5.26 Å². The van der Waals surface area contributed by atoms with E-state index < -0.39 is 0 Å². The van der Waals surface area contributed by atoms with E-state index in [1.54, 1.807) is 0 Å². The molecule has 1 N–H and O–H groups in total. The average molecular weight is 315 g/mol. The first-order valence-corrected chi connectivity index (χ1v) is 9.50. The number of hydrogen-bond donors (Lipinski definition) is 1. The predicted molar refractivity (Wildman–Crippen MR) is 87.2 cm³/mol. The largest absolute Gasteiger partial charge is 0.393 e. The third kappa shape index (κ3) is 2.00. The first-order chi connectivity index (χ1) is 10.9. The molecular weight excluding hydrogens is 286 g/mol. The number of carbonyl (C=O) groups is 1. The molecule has 0 heterocycles. The van der Waals surface area contributed by atoms with Crippen LogP contribution in [-0.4, -0.2) is 17.0 Å². The molecule has 0 saturated heterocycles. The molecule has 0 aromatic rings. The van der Waals surface area contributed by atoms with Gasteiger partial charge in [-0.1, -0.05) is 13.8 Å². The summed E-state index contributed by atoms with van der Waals surface area (Å²) in [6.45, 7) is 4.68. The third-order valence-corrected chi connectivity index (χ3v) is 8.65. The van der Waals surface area contributed by atoms with Crippen molar-refractivity contribution in [2.75, 3.05) is 0 Å². The van der Waals surface area contributed by atoms with Crippen LogP contribution in [0.3, 0.4) is 0 Å². The molecule has 3 heteroatoms. The van der Waals surface area contributed by atoms with Crippen LogP contribution in [0.2, 0.25) is 0 Å². The van der Waals surface area contributed by atoms with Gasteiger partial charge in [-0.15, -0.1) is 0 Å². The van der Waals surface area contributed by atoms with Crippen molar-refractivity contribution in [2.24, 2.45) is 40.4 Å². The minimum Gasteiger partial charge on any atom is -0.393 e. The van der Waals surface area contributed by atoms with Gasteiger partial charge in [-0.05, 0) is 79.4 Å². The standard InChI is InChI=1S/C20H29NO2/c1-19-8-7-16-14(15(19)5-6-18(19)23)4-3-13-9-17(22)12(11-21)10-20(13,16)2/h12-16,18,23H,3-10H2,1-2H3/t12-,13?,14-,15-,16-,18?,19?,20?/m0/s1. The number of Topliss-reactive ketones (excluding diaryl/α,β-unsaturated/α-hetero) is 1. The Hall–Kier alpha value is -0.880. The van der Waals surface area contributed by atoms with Gasteiger partial charge in [-0.2, -0.15) is 5.26 Å². The number of rotatable bonds is 0. The Morgan fingerprint density at radius 3 is 2.57 bits per heavy atom. The Labute approximate surface area is 139 Å². The van der Waals surface area contributed by atoms with E-state index in [0.29, 0.717) is 30.1 Å². The van der Waals surface area contributed by atoms with E-state index in [9.17, 15) is 15.2 Å². The summed E-state index contributed by atoms with van der Waals surface area (Å²) < 4.78 is 0. The first-order valence-electron chi connectivity index (χ1n) is 9.50. The average Bonchev–Trinajstić information content (AvgIpc) is 2.83. The van der Waals surface area contributed by atoms with E-state index in [1.165, 1.54) is 19.3 Å². The van der Waals surface area contributed by atoms with E-state index in [0.717, 1.165) is 25.7 Å². The highest BCUT2D eigenvalue weighted by Gasteiger charge is 2.61. The van der Waals surface area contributed by atoms with Crippen LogP contribution in [0.15, 0.2) is 0 Å². The number of fused-ring (bicyclic) bond motifs is 5. The molecule has 0 bridgehead atoms.